The van der Waals surface area contributed by atoms with Crippen molar-refractivity contribution in [2.24, 2.45) is 11.5 Å². The lowest BCUT2D eigenvalue weighted by atomic mass is 10.2. The predicted octanol–water partition coefficient (Wildman–Crippen LogP) is -1.26. The molecule has 2 atom stereocenters. The summed E-state index contributed by atoms with van der Waals surface area (Å²) in [5, 5.41) is 1.43. The maximum absolute atomic E-state index is 13.4. The Morgan fingerprint density at radius 3 is 2.00 bits per heavy atom. The number of hydrogen-bond acceptors (Lipinski definition) is 5. The molecule has 0 aromatic carbocycles. The fraction of sp³-hybridized carbons (Fsp3) is 0.667. The van der Waals surface area contributed by atoms with E-state index in [1.54, 1.807) is 0 Å². The van der Waals surface area contributed by atoms with E-state index in [9.17, 15) is 18.4 Å². The Hall–Kier alpha value is -0.540. The highest BCUT2D eigenvalue weighted by atomic mass is 32.1. The highest BCUT2D eigenvalue weighted by Gasteiger charge is 2.43. The zero-order chi connectivity index (χ0) is 12.3. The van der Waals surface area contributed by atoms with Crippen LogP contribution in [-0.4, -0.2) is 34.9 Å². The monoisotopic (exact) mass is 259 g/mol. The summed E-state index contributed by atoms with van der Waals surface area (Å²) in [6.45, 7) is 0. The number of carbonyl (C=O) groups is 2. The number of nitrogens with one attached hydrogen (secondary N) is 1. The van der Waals surface area contributed by atoms with Crippen LogP contribution in [0.3, 0.4) is 0 Å². The first kappa shape index (κ1) is 14.5. The summed E-state index contributed by atoms with van der Waals surface area (Å²) in [5.41, 5.74) is 9.48. The van der Waals surface area contributed by atoms with Crippen molar-refractivity contribution in [1.29, 1.82) is 0 Å². The fourth-order valence-corrected chi connectivity index (χ4v) is 0.913. The number of nitrogens with two attached hydrogens (primary N) is 2. The lowest BCUT2D eigenvalue weighted by Crippen LogP contribution is -2.62. The van der Waals surface area contributed by atoms with Gasteiger partial charge in [0.25, 0.3) is 17.6 Å². The smallest absolute Gasteiger partial charge is 0.276 e. The number of halogens is 2. The van der Waals surface area contributed by atoms with Crippen LogP contribution in [0.15, 0.2) is 0 Å². The summed E-state index contributed by atoms with van der Waals surface area (Å²) < 4.78 is 26.5. The molecule has 9 heteroatoms. The number of rotatable bonds is 5. The minimum absolute atomic E-state index is 0.666. The molecule has 0 rings (SSSR count). The number of amides is 2. The molecule has 0 spiro atoms. The fourth-order valence-electron chi connectivity index (χ4n) is 0.535. The molecule has 0 aromatic rings. The highest BCUT2D eigenvalue weighted by molar-refractivity contribution is 7.80. The van der Waals surface area contributed by atoms with E-state index in [1.165, 1.54) is 5.32 Å². The van der Waals surface area contributed by atoms with Crippen molar-refractivity contribution in [3.8, 4) is 0 Å². The number of carbonyl (C=O) groups excluding carboxylic acids is 2. The third-order valence-corrected chi connectivity index (χ3v) is 2.42. The van der Waals surface area contributed by atoms with E-state index in [0.29, 0.717) is 0 Å². The van der Waals surface area contributed by atoms with Crippen molar-refractivity contribution in [2.45, 2.75) is 11.6 Å². The maximum Gasteiger partial charge on any atom is 0.276 e. The number of hydrogen-bond donors (Lipinski definition) is 5. The Kier molecular flexibility index (Phi) is 4.81. The Bertz CT molecular complexity index is 277. The zero-order valence-corrected chi connectivity index (χ0v) is 9.32. The van der Waals surface area contributed by atoms with Crippen LogP contribution in [-0.2, 0) is 9.59 Å². The van der Waals surface area contributed by atoms with Crippen LogP contribution in [0, 0.1) is 0 Å². The average molecular weight is 259 g/mol. The molecule has 0 aliphatic heterocycles. The van der Waals surface area contributed by atoms with Gasteiger partial charge in [-0.1, -0.05) is 0 Å². The van der Waals surface area contributed by atoms with Crippen LogP contribution in [0.5, 0.6) is 0 Å². The molecule has 5 N–H and O–H groups in total. The molecule has 15 heavy (non-hydrogen) atoms. The van der Waals surface area contributed by atoms with Gasteiger partial charge in [-0.05, 0) is 0 Å². The van der Waals surface area contributed by atoms with Gasteiger partial charge < -0.3 is 11.1 Å². The lowest BCUT2D eigenvalue weighted by Gasteiger charge is -2.25. The Morgan fingerprint density at radius 2 is 1.73 bits per heavy atom. The predicted molar refractivity (Wildman–Crippen MR) is 56.9 cm³/mol. The van der Waals surface area contributed by atoms with Gasteiger partial charge in [-0.2, -0.15) is 25.3 Å². The standard InChI is InChI=1S/C6H11F2N3O2S2/c7-5(10,1-14)4(13)11-6(8,2-15)3(9)12/h14-15H,1-2,10H2,(H2,9,12)(H,11,13). The Morgan fingerprint density at radius 1 is 1.27 bits per heavy atom. The minimum Gasteiger partial charge on any atom is -0.365 e. The van der Waals surface area contributed by atoms with Gasteiger partial charge >= 0.3 is 0 Å². The summed E-state index contributed by atoms with van der Waals surface area (Å²) in [6, 6.07) is 0. The summed E-state index contributed by atoms with van der Waals surface area (Å²) in [5.74, 6) is -10.2. The molecule has 0 aliphatic rings. The molecule has 0 aliphatic carbocycles. The summed E-state index contributed by atoms with van der Waals surface area (Å²) in [6.07, 6.45) is 0. The van der Waals surface area contributed by atoms with Crippen LogP contribution >= 0.6 is 25.3 Å². The maximum atomic E-state index is 13.4. The third kappa shape index (κ3) is 3.50. The van der Waals surface area contributed by atoms with Gasteiger partial charge in [-0.25, -0.2) is 8.78 Å². The van der Waals surface area contributed by atoms with E-state index in [4.69, 9.17) is 5.73 Å². The molecule has 0 saturated carbocycles. The third-order valence-electron chi connectivity index (χ3n) is 1.53. The van der Waals surface area contributed by atoms with Gasteiger partial charge in [0.05, 0.1) is 5.75 Å². The summed E-state index contributed by atoms with van der Waals surface area (Å²) in [4.78, 5) is 21.6. The van der Waals surface area contributed by atoms with E-state index in [0.717, 1.165) is 0 Å². The molecular weight excluding hydrogens is 248 g/mol. The Labute approximate surface area is 95.8 Å². The molecule has 88 valence electrons. The quantitative estimate of drug-likeness (QED) is 0.315. The van der Waals surface area contributed by atoms with Crippen LogP contribution < -0.4 is 16.8 Å². The van der Waals surface area contributed by atoms with Crippen LogP contribution in [0.4, 0.5) is 8.78 Å². The first-order valence-electron chi connectivity index (χ1n) is 3.70. The Balaban J connectivity index is 4.72. The van der Waals surface area contributed by atoms with Gasteiger partial charge in [-0.3, -0.25) is 15.3 Å². The second kappa shape index (κ2) is 4.99. The largest absolute Gasteiger partial charge is 0.365 e. The molecule has 0 fully saturated rings. The van der Waals surface area contributed by atoms with Crippen molar-refractivity contribution in [1.82, 2.24) is 5.32 Å². The number of alkyl halides is 2. The van der Waals surface area contributed by atoms with Crippen molar-refractivity contribution in [2.75, 3.05) is 11.5 Å². The first-order chi connectivity index (χ1) is 6.69. The van der Waals surface area contributed by atoms with Crippen LogP contribution in [0.25, 0.3) is 0 Å². The number of primary amides is 1. The highest BCUT2D eigenvalue weighted by Crippen LogP contribution is 2.12. The normalized spacial score (nSPS) is 18.7. The topological polar surface area (TPSA) is 98.2 Å². The van der Waals surface area contributed by atoms with Crippen molar-refractivity contribution < 1.29 is 18.4 Å². The second-order valence-corrected chi connectivity index (χ2v) is 3.43. The van der Waals surface area contributed by atoms with Crippen molar-refractivity contribution in [3.63, 3.8) is 0 Å². The van der Waals surface area contributed by atoms with Crippen LogP contribution in [0.1, 0.15) is 0 Å². The van der Waals surface area contributed by atoms with Gasteiger partial charge in [0.15, 0.2) is 0 Å². The van der Waals surface area contributed by atoms with E-state index in [-0.39, 0.29) is 0 Å². The SMILES string of the molecule is NC(=O)C(F)(CS)NC(=O)C(N)(F)CS. The van der Waals surface area contributed by atoms with Gasteiger partial charge in [0.1, 0.15) is 0 Å². The molecule has 2 amide bonds. The van der Waals surface area contributed by atoms with Crippen LogP contribution in [0.2, 0.25) is 0 Å². The molecule has 0 bridgehead atoms. The minimum atomic E-state index is -2.93. The summed E-state index contributed by atoms with van der Waals surface area (Å²) >= 11 is 6.92. The van der Waals surface area contributed by atoms with E-state index in [1.807, 2.05) is 0 Å². The molecule has 0 heterocycles. The number of thiol groups is 2. The molecule has 0 radical (unpaired) electrons. The van der Waals surface area contributed by atoms with Crippen molar-refractivity contribution in [3.05, 3.63) is 0 Å². The average Bonchev–Trinajstić information content (AvgIpc) is 2.17. The van der Waals surface area contributed by atoms with Gasteiger partial charge in [0.2, 0.25) is 5.79 Å². The van der Waals surface area contributed by atoms with Crippen molar-refractivity contribution >= 4 is 37.1 Å². The molecule has 5 nitrogen and oxygen atoms in total. The van der Waals surface area contributed by atoms with Gasteiger partial charge in [0, 0.05) is 5.75 Å². The van der Waals surface area contributed by atoms with Gasteiger partial charge in [-0.15, -0.1) is 0 Å². The first-order valence-corrected chi connectivity index (χ1v) is 4.97. The molecule has 2 unspecified atom stereocenters. The second-order valence-electron chi connectivity index (χ2n) is 2.80. The lowest BCUT2D eigenvalue weighted by molar-refractivity contribution is -0.142. The molecule has 0 aromatic heterocycles. The summed E-state index contributed by atoms with van der Waals surface area (Å²) in [7, 11) is 0. The molecular formula is C6H11F2N3O2S2. The van der Waals surface area contributed by atoms with E-state index < -0.39 is 34.9 Å². The van der Waals surface area contributed by atoms with E-state index in [2.05, 4.69) is 31.0 Å². The van der Waals surface area contributed by atoms with E-state index >= 15 is 0 Å². The molecule has 0 saturated heterocycles. The zero-order valence-electron chi connectivity index (χ0n) is 7.54.